The van der Waals surface area contributed by atoms with Crippen molar-refractivity contribution in [3.8, 4) is 5.75 Å². The highest BCUT2D eigenvalue weighted by molar-refractivity contribution is 5.99. The summed E-state index contributed by atoms with van der Waals surface area (Å²) < 4.78 is 32.8. The Morgan fingerprint density at radius 3 is 2.67 bits per heavy atom. The van der Waals surface area contributed by atoms with E-state index in [1.807, 2.05) is 0 Å². The number of ether oxygens (including phenoxy) is 2. The van der Waals surface area contributed by atoms with Crippen molar-refractivity contribution in [2.75, 3.05) is 13.7 Å². The van der Waals surface area contributed by atoms with Crippen LogP contribution in [0.5, 0.6) is 5.75 Å². The number of Topliss-reactive ketones (excluding diaryl/α,β-unsaturated/α-hetero) is 1. The van der Waals surface area contributed by atoms with Crippen LogP contribution in [0.25, 0.3) is 0 Å². The standard InChI is InChI=1S/C10H10F2O3/c1-14-6-8(13)7-4-2-3-5-9(7)15-10(11)12/h2-5,10H,6H2,1H3. The minimum atomic E-state index is -2.94. The highest BCUT2D eigenvalue weighted by atomic mass is 19.3. The van der Waals surface area contributed by atoms with E-state index in [4.69, 9.17) is 0 Å². The molecule has 0 N–H and O–H groups in total. The number of para-hydroxylation sites is 1. The van der Waals surface area contributed by atoms with E-state index in [0.717, 1.165) is 0 Å². The molecule has 5 heteroatoms. The molecule has 0 aliphatic carbocycles. The summed E-state index contributed by atoms with van der Waals surface area (Å²) in [5.41, 5.74) is 0.0969. The Labute approximate surface area is 85.6 Å². The van der Waals surface area contributed by atoms with Gasteiger partial charge >= 0.3 is 6.61 Å². The molecule has 0 radical (unpaired) electrons. The summed E-state index contributed by atoms with van der Waals surface area (Å²) >= 11 is 0. The van der Waals surface area contributed by atoms with Gasteiger partial charge in [0.15, 0.2) is 5.78 Å². The Hall–Kier alpha value is -1.49. The van der Waals surface area contributed by atoms with Gasteiger partial charge in [-0.1, -0.05) is 12.1 Å². The number of hydrogen-bond donors (Lipinski definition) is 0. The first-order valence-electron chi connectivity index (χ1n) is 4.21. The third kappa shape index (κ3) is 3.28. The SMILES string of the molecule is COCC(=O)c1ccccc1OC(F)F. The van der Waals surface area contributed by atoms with Gasteiger partial charge in [0.05, 0.1) is 5.56 Å². The third-order valence-corrected chi connectivity index (χ3v) is 1.68. The number of benzene rings is 1. The predicted octanol–water partition coefficient (Wildman–Crippen LogP) is 2.12. The van der Waals surface area contributed by atoms with E-state index in [9.17, 15) is 13.6 Å². The lowest BCUT2D eigenvalue weighted by molar-refractivity contribution is -0.0502. The number of halogens is 2. The minimum Gasteiger partial charge on any atom is -0.434 e. The van der Waals surface area contributed by atoms with Crippen LogP contribution in [-0.4, -0.2) is 26.1 Å². The van der Waals surface area contributed by atoms with Crippen LogP contribution in [-0.2, 0) is 4.74 Å². The lowest BCUT2D eigenvalue weighted by atomic mass is 10.1. The molecule has 0 bridgehead atoms. The quantitative estimate of drug-likeness (QED) is 0.707. The molecule has 0 unspecified atom stereocenters. The summed E-state index contributed by atoms with van der Waals surface area (Å²) in [5.74, 6) is -0.525. The topological polar surface area (TPSA) is 35.5 Å². The van der Waals surface area contributed by atoms with Crippen molar-refractivity contribution in [3.05, 3.63) is 29.8 Å². The van der Waals surface area contributed by atoms with E-state index >= 15 is 0 Å². The summed E-state index contributed by atoms with van der Waals surface area (Å²) in [6, 6.07) is 5.82. The van der Waals surface area contributed by atoms with Gasteiger partial charge in [0.25, 0.3) is 0 Å². The Bertz CT molecular complexity index is 339. The number of carbonyl (C=O) groups is 1. The smallest absolute Gasteiger partial charge is 0.387 e. The Morgan fingerprint density at radius 1 is 1.40 bits per heavy atom. The molecule has 0 aliphatic heterocycles. The van der Waals surface area contributed by atoms with Crippen molar-refractivity contribution in [3.63, 3.8) is 0 Å². The normalized spacial score (nSPS) is 10.4. The maximum absolute atomic E-state index is 12.0. The molecule has 82 valence electrons. The second-order valence-corrected chi connectivity index (χ2v) is 2.73. The molecular formula is C10H10F2O3. The van der Waals surface area contributed by atoms with Crippen LogP contribution in [0.4, 0.5) is 8.78 Å². The summed E-state index contributed by atoms with van der Waals surface area (Å²) in [5, 5.41) is 0. The van der Waals surface area contributed by atoms with Crippen LogP contribution >= 0.6 is 0 Å². The van der Waals surface area contributed by atoms with Gasteiger partial charge in [0, 0.05) is 7.11 Å². The third-order valence-electron chi connectivity index (χ3n) is 1.68. The zero-order valence-corrected chi connectivity index (χ0v) is 8.07. The van der Waals surface area contributed by atoms with Crippen LogP contribution in [0.1, 0.15) is 10.4 Å². The van der Waals surface area contributed by atoms with Gasteiger partial charge in [-0.2, -0.15) is 8.78 Å². The first-order chi connectivity index (χ1) is 7.15. The Morgan fingerprint density at radius 2 is 2.07 bits per heavy atom. The van der Waals surface area contributed by atoms with Crippen LogP contribution in [0.15, 0.2) is 24.3 Å². The molecule has 0 aliphatic rings. The molecule has 1 aromatic rings. The van der Waals surface area contributed by atoms with Gasteiger partial charge in [-0.05, 0) is 12.1 Å². The van der Waals surface area contributed by atoms with Crippen molar-refractivity contribution >= 4 is 5.78 Å². The number of carbonyl (C=O) groups excluding carboxylic acids is 1. The highest BCUT2D eigenvalue weighted by Gasteiger charge is 2.14. The van der Waals surface area contributed by atoms with Gasteiger partial charge in [-0.15, -0.1) is 0 Å². The molecule has 1 aromatic carbocycles. The number of alkyl halides is 2. The van der Waals surface area contributed by atoms with Crippen molar-refractivity contribution in [1.82, 2.24) is 0 Å². The fraction of sp³-hybridized carbons (Fsp3) is 0.300. The molecule has 0 atom stereocenters. The molecule has 0 heterocycles. The van der Waals surface area contributed by atoms with Crippen LogP contribution < -0.4 is 4.74 Å². The first-order valence-corrected chi connectivity index (χ1v) is 4.21. The van der Waals surface area contributed by atoms with Gasteiger partial charge < -0.3 is 9.47 Å². The number of ketones is 1. The van der Waals surface area contributed by atoms with E-state index in [-0.39, 0.29) is 17.9 Å². The van der Waals surface area contributed by atoms with Crippen molar-refractivity contribution in [1.29, 1.82) is 0 Å². The van der Waals surface area contributed by atoms with Crippen LogP contribution in [0.3, 0.4) is 0 Å². The van der Waals surface area contributed by atoms with Gasteiger partial charge in [-0.3, -0.25) is 4.79 Å². The monoisotopic (exact) mass is 216 g/mol. The second-order valence-electron chi connectivity index (χ2n) is 2.73. The molecule has 0 aromatic heterocycles. The summed E-state index contributed by atoms with van der Waals surface area (Å²) in [4.78, 5) is 11.4. The largest absolute Gasteiger partial charge is 0.434 e. The maximum atomic E-state index is 12.0. The average molecular weight is 216 g/mol. The molecule has 0 spiro atoms. The molecule has 0 amide bonds. The fourth-order valence-corrected chi connectivity index (χ4v) is 1.10. The summed E-state index contributed by atoms with van der Waals surface area (Å²) in [6.07, 6.45) is 0. The summed E-state index contributed by atoms with van der Waals surface area (Å²) in [7, 11) is 1.36. The van der Waals surface area contributed by atoms with E-state index < -0.39 is 12.4 Å². The Kier molecular flexibility index (Phi) is 4.17. The predicted molar refractivity (Wildman–Crippen MR) is 49.3 cm³/mol. The fourth-order valence-electron chi connectivity index (χ4n) is 1.10. The van der Waals surface area contributed by atoms with E-state index in [1.54, 1.807) is 6.07 Å². The number of methoxy groups -OCH3 is 1. The molecule has 15 heavy (non-hydrogen) atoms. The number of hydrogen-bond acceptors (Lipinski definition) is 3. The molecule has 0 fully saturated rings. The molecular weight excluding hydrogens is 206 g/mol. The lowest BCUT2D eigenvalue weighted by Gasteiger charge is -2.08. The lowest BCUT2D eigenvalue weighted by Crippen LogP contribution is -2.11. The second kappa shape index (κ2) is 5.41. The van der Waals surface area contributed by atoms with Crippen molar-refractivity contribution in [2.24, 2.45) is 0 Å². The van der Waals surface area contributed by atoms with E-state index in [1.165, 1.54) is 25.3 Å². The van der Waals surface area contributed by atoms with Gasteiger partial charge in [0.2, 0.25) is 0 Å². The highest BCUT2D eigenvalue weighted by Crippen LogP contribution is 2.20. The van der Waals surface area contributed by atoms with Gasteiger partial charge in [0.1, 0.15) is 12.4 Å². The molecule has 3 nitrogen and oxygen atoms in total. The first kappa shape index (κ1) is 11.6. The molecule has 0 saturated heterocycles. The van der Waals surface area contributed by atoms with Crippen LogP contribution in [0, 0.1) is 0 Å². The minimum absolute atomic E-state index is 0.0969. The van der Waals surface area contributed by atoms with Crippen molar-refractivity contribution < 1.29 is 23.0 Å². The van der Waals surface area contributed by atoms with Crippen molar-refractivity contribution in [2.45, 2.75) is 6.61 Å². The average Bonchev–Trinajstić information content (AvgIpc) is 2.18. The Balaban J connectivity index is 2.90. The van der Waals surface area contributed by atoms with Crippen LogP contribution in [0.2, 0.25) is 0 Å². The molecule has 0 saturated carbocycles. The zero-order valence-electron chi connectivity index (χ0n) is 8.07. The summed E-state index contributed by atoms with van der Waals surface area (Å²) in [6.45, 7) is -3.11. The number of rotatable bonds is 5. The zero-order chi connectivity index (χ0) is 11.3. The molecule has 1 rings (SSSR count). The van der Waals surface area contributed by atoms with E-state index in [0.29, 0.717) is 0 Å². The maximum Gasteiger partial charge on any atom is 0.387 e. The van der Waals surface area contributed by atoms with E-state index in [2.05, 4.69) is 9.47 Å². The van der Waals surface area contributed by atoms with Gasteiger partial charge in [-0.25, -0.2) is 0 Å².